The minimum Gasteiger partial charge on any atom is -0.462 e. The van der Waals surface area contributed by atoms with Crippen molar-refractivity contribution in [3.63, 3.8) is 0 Å². The van der Waals surface area contributed by atoms with Gasteiger partial charge in [-0.2, -0.15) is 0 Å². The number of halogens is 2. The second-order valence-electron chi connectivity index (χ2n) is 4.68. The van der Waals surface area contributed by atoms with Crippen LogP contribution < -0.4 is 0 Å². The largest absolute Gasteiger partial charge is 0.462 e. The number of benzene rings is 1. The highest BCUT2D eigenvalue weighted by atomic mass is 35.5. The second kappa shape index (κ2) is 6.59. The van der Waals surface area contributed by atoms with Gasteiger partial charge in [0.15, 0.2) is 0 Å². The molecule has 3 nitrogen and oxygen atoms in total. The van der Waals surface area contributed by atoms with E-state index in [2.05, 4.69) is 0 Å². The third-order valence-electron chi connectivity index (χ3n) is 2.98. The summed E-state index contributed by atoms with van der Waals surface area (Å²) in [5.74, 6) is 0.683. The highest BCUT2D eigenvalue weighted by Crippen LogP contribution is 2.20. The standard InChI is InChI=1S/C16H15ClFNO2/c1-11-6-7-12(21-11)8-9-16(20)19(2)10-13-14(17)4-3-5-15(13)18/h3-9H,10H2,1-2H3/b9-8+. The molecule has 0 unspecified atom stereocenters. The number of carbonyl (C=O) groups excluding carboxylic acids is 1. The molecule has 0 aliphatic rings. The number of nitrogens with zero attached hydrogens (tertiary/aromatic N) is 1. The van der Waals surface area contributed by atoms with Crippen molar-refractivity contribution in [2.24, 2.45) is 0 Å². The Balaban J connectivity index is 2.04. The number of amides is 1. The van der Waals surface area contributed by atoms with E-state index in [1.165, 1.54) is 23.1 Å². The van der Waals surface area contributed by atoms with E-state index in [1.807, 2.05) is 13.0 Å². The molecule has 0 atom stereocenters. The zero-order chi connectivity index (χ0) is 15.4. The third kappa shape index (κ3) is 3.95. The summed E-state index contributed by atoms with van der Waals surface area (Å²) in [4.78, 5) is 13.4. The molecule has 1 amide bonds. The molecule has 2 aromatic rings. The van der Waals surface area contributed by atoms with Crippen molar-refractivity contribution in [3.05, 3.63) is 64.3 Å². The molecular weight excluding hydrogens is 293 g/mol. The molecule has 0 fully saturated rings. The first-order valence-electron chi connectivity index (χ1n) is 6.40. The van der Waals surface area contributed by atoms with Gasteiger partial charge in [-0.3, -0.25) is 4.79 Å². The van der Waals surface area contributed by atoms with Gasteiger partial charge in [-0.15, -0.1) is 0 Å². The van der Waals surface area contributed by atoms with Crippen LogP contribution in [0.1, 0.15) is 17.1 Å². The van der Waals surface area contributed by atoms with E-state index < -0.39 is 5.82 Å². The van der Waals surface area contributed by atoms with Crippen LogP contribution in [0.5, 0.6) is 0 Å². The molecule has 0 aliphatic heterocycles. The van der Waals surface area contributed by atoms with Gasteiger partial charge < -0.3 is 9.32 Å². The van der Waals surface area contributed by atoms with Crippen molar-refractivity contribution in [1.82, 2.24) is 4.90 Å². The highest BCUT2D eigenvalue weighted by Gasteiger charge is 2.12. The van der Waals surface area contributed by atoms with E-state index in [0.717, 1.165) is 5.76 Å². The second-order valence-corrected chi connectivity index (χ2v) is 5.08. The van der Waals surface area contributed by atoms with E-state index in [9.17, 15) is 9.18 Å². The molecule has 0 radical (unpaired) electrons. The lowest BCUT2D eigenvalue weighted by molar-refractivity contribution is -0.125. The monoisotopic (exact) mass is 307 g/mol. The van der Waals surface area contributed by atoms with Gasteiger partial charge in [-0.05, 0) is 37.3 Å². The number of aryl methyl sites for hydroxylation is 1. The third-order valence-corrected chi connectivity index (χ3v) is 3.34. The molecular formula is C16H15ClFNO2. The Bertz CT molecular complexity index is 658. The number of hydrogen-bond donors (Lipinski definition) is 0. The zero-order valence-electron chi connectivity index (χ0n) is 11.8. The highest BCUT2D eigenvalue weighted by molar-refractivity contribution is 6.31. The maximum absolute atomic E-state index is 13.7. The van der Waals surface area contributed by atoms with E-state index >= 15 is 0 Å². The van der Waals surface area contributed by atoms with Crippen molar-refractivity contribution in [3.8, 4) is 0 Å². The van der Waals surface area contributed by atoms with Gasteiger partial charge in [0.2, 0.25) is 5.91 Å². The Morgan fingerprint density at radius 3 is 2.76 bits per heavy atom. The molecule has 0 spiro atoms. The van der Waals surface area contributed by atoms with E-state index in [4.69, 9.17) is 16.0 Å². The first-order chi connectivity index (χ1) is 9.97. The summed E-state index contributed by atoms with van der Waals surface area (Å²) < 4.78 is 19.0. The van der Waals surface area contributed by atoms with Crippen LogP contribution in [0, 0.1) is 12.7 Å². The lowest BCUT2D eigenvalue weighted by atomic mass is 10.2. The molecule has 2 rings (SSSR count). The van der Waals surface area contributed by atoms with Gasteiger partial charge >= 0.3 is 0 Å². The maximum Gasteiger partial charge on any atom is 0.246 e. The maximum atomic E-state index is 13.7. The molecule has 0 N–H and O–H groups in total. The number of likely N-dealkylation sites (N-methyl/N-ethyl adjacent to an activating group) is 1. The molecule has 1 aromatic heterocycles. The molecule has 21 heavy (non-hydrogen) atoms. The summed E-state index contributed by atoms with van der Waals surface area (Å²) in [6.45, 7) is 1.93. The van der Waals surface area contributed by atoms with E-state index in [1.54, 1.807) is 25.3 Å². The molecule has 1 aromatic carbocycles. The van der Waals surface area contributed by atoms with Gasteiger partial charge in [-0.1, -0.05) is 17.7 Å². The summed E-state index contributed by atoms with van der Waals surface area (Å²) in [5.41, 5.74) is 0.303. The number of hydrogen-bond acceptors (Lipinski definition) is 2. The summed E-state index contributed by atoms with van der Waals surface area (Å²) in [5, 5.41) is 0.306. The van der Waals surface area contributed by atoms with Crippen LogP contribution in [0.3, 0.4) is 0 Å². The Morgan fingerprint density at radius 2 is 2.14 bits per heavy atom. The average Bonchev–Trinajstić information content (AvgIpc) is 2.86. The predicted molar refractivity (Wildman–Crippen MR) is 80.4 cm³/mol. The fraction of sp³-hybridized carbons (Fsp3) is 0.188. The van der Waals surface area contributed by atoms with Crippen LogP contribution in [0.4, 0.5) is 4.39 Å². The van der Waals surface area contributed by atoms with Crippen LogP contribution in [0.25, 0.3) is 6.08 Å². The van der Waals surface area contributed by atoms with E-state index in [-0.39, 0.29) is 12.5 Å². The number of carbonyl (C=O) groups is 1. The molecule has 1 heterocycles. The minimum atomic E-state index is -0.423. The average molecular weight is 308 g/mol. The minimum absolute atomic E-state index is 0.103. The van der Waals surface area contributed by atoms with Crippen molar-refractivity contribution in [1.29, 1.82) is 0 Å². The van der Waals surface area contributed by atoms with Gasteiger partial charge in [0, 0.05) is 30.3 Å². The van der Waals surface area contributed by atoms with E-state index in [0.29, 0.717) is 16.3 Å². The molecule has 0 bridgehead atoms. The first-order valence-corrected chi connectivity index (χ1v) is 6.77. The van der Waals surface area contributed by atoms with Crippen LogP contribution in [-0.2, 0) is 11.3 Å². The van der Waals surface area contributed by atoms with Gasteiger partial charge in [0.1, 0.15) is 17.3 Å². The lowest BCUT2D eigenvalue weighted by Gasteiger charge is -2.16. The molecule has 0 saturated carbocycles. The van der Waals surface area contributed by atoms with Crippen LogP contribution in [-0.4, -0.2) is 17.9 Å². The first kappa shape index (κ1) is 15.3. The van der Waals surface area contributed by atoms with Gasteiger partial charge in [0.05, 0.1) is 0 Å². The van der Waals surface area contributed by atoms with Gasteiger partial charge in [-0.25, -0.2) is 4.39 Å². The molecule has 0 saturated heterocycles. The fourth-order valence-electron chi connectivity index (χ4n) is 1.82. The fourth-order valence-corrected chi connectivity index (χ4v) is 2.04. The van der Waals surface area contributed by atoms with Crippen molar-refractivity contribution < 1.29 is 13.6 Å². The molecule has 0 aliphatic carbocycles. The van der Waals surface area contributed by atoms with Crippen LogP contribution in [0.2, 0.25) is 5.02 Å². The van der Waals surface area contributed by atoms with Gasteiger partial charge in [0.25, 0.3) is 0 Å². The Labute approximate surface area is 127 Å². The van der Waals surface area contributed by atoms with Crippen molar-refractivity contribution in [2.45, 2.75) is 13.5 Å². The normalized spacial score (nSPS) is 11.0. The quantitative estimate of drug-likeness (QED) is 0.798. The smallest absolute Gasteiger partial charge is 0.246 e. The van der Waals surface area contributed by atoms with Crippen molar-refractivity contribution in [2.75, 3.05) is 7.05 Å². The topological polar surface area (TPSA) is 33.5 Å². The predicted octanol–water partition coefficient (Wildman–Crippen LogP) is 4.05. The summed E-state index contributed by atoms with van der Waals surface area (Å²) in [6, 6.07) is 8.03. The molecule has 110 valence electrons. The van der Waals surface area contributed by atoms with Crippen molar-refractivity contribution >= 4 is 23.6 Å². The number of furan rings is 1. The summed E-state index contributed by atoms with van der Waals surface area (Å²) >= 11 is 5.94. The SMILES string of the molecule is Cc1ccc(/C=C/C(=O)N(C)Cc2c(F)cccc2Cl)o1. The zero-order valence-corrected chi connectivity index (χ0v) is 12.5. The van der Waals surface area contributed by atoms with Crippen LogP contribution >= 0.6 is 11.6 Å². The van der Waals surface area contributed by atoms with Crippen LogP contribution in [0.15, 0.2) is 40.8 Å². The Morgan fingerprint density at radius 1 is 1.38 bits per heavy atom. The number of rotatable bonds is 4. The Kier molecular flexibility index (Phi) is 4.81. The summed E-state index contributed by atoms with van der Waals surface area (Å²) in [7, 11) is 1.59. The lowest BCUT2D eigenvalue weighted by Crippen LogP contribution is -2.24. The molecule has 5 heteroatoms. The Hall–Kier alpha value is -2.07. The summed E-state index contributed by atoms with van der Waals surface area (Å²) in [6.07, 6.45) is 2.96.